The summed E-state index contributed by atoms with van der Waals surface area (Å²) in [4.78, 5) is 12.0. The number of quaternary nitrogens is 1. The highest BCUT2D eigenvalue weighted by Gasteiger charge is 2.31. The van der Waals surface area contributed by atoms with Gasteiger partial charge in [-0.05, 0) is 12.6 Å². The van der Waals surface area contributed by atoms with Gasteiger partial charge in [-0.2, -0.15) is 0 Å². The molecule has 0 radical (unpaired) electrons. The van der Waals surface area contributed by atoms with Gasteiger partial charge in [0.2, 0.25) is 0 Å². The van der Waals surface area contributed by atoms with Gasteiger partial charge in [0.05, 0.1) is 28.5 Å². The third kappa shape index (κ3) is 4.12. The quantitative estimate of drug-likeness (QED) is 0.507. The Morgan fingerprint density at radius 3 is 2.07 bits per heavy atom. The highest BCUT2D eigenvalue weighted by atomic mass is 31.2. The SMILES string of the molecule is CCCCP(=O)([O-])C(CC)[N+](C)(C)C. The van der Waals surface area contributed by atoms with Gasteiger partial charge in [-0.3, -0.25) is 0 Å². The maximum absolute atomic E-state index is 12.0. The van der Waals surface area contributed by atoms with Crippen LogP contribution < -0.4 is 4.89 Å². The highest BCUT2D eigenvalue weighted by Crippen LogP contribution is 2.46. The molecular formula is C10H24NO2P. The van der Waals surface area contributed by atoms with E-state index < -0.39 is 7.37 Å². The molecule has 0 saturated carbocycles. The van der Waals surface area contributed by atoms with Crippen LogP contribution in [-0.2, 0) is 4.57 Å². The standard InChI is InChI=1S/C10H24NO2P/c1-6-8-9-14(12,13)10(7-2)11(3,4)5/h10H,6-9H2,1-5H3. The summed E-state index contributed by atoms with van der Waals surface area (Å²) in [6.45, 7) is 3.97. The van der Waals surface area contributed by atoms with Crippen LogP contribution in [0.5, 0.6) is 0 Å². The molecule has 0 aliphatic rings. The van der Waals surface area contributed by atoms with E-state index in [0.717, 1.165) is 12.8 Å². The van der Waals surface area contributed by atoms with E-state index in [1.807, 2.05) is 35.0 Å². The van der Waals surface area contributed by atoms with E-state index in [0.29, 0.717) is 17.1 Å². The minimum atomic E-state index is -3.22. The second kappa shape index (κ2) is 5.29. The summed E-state index contributed by atoms with van der Waals surface area (Å²) in [5.41, 5.74) is 0. The van der Waals surface area contributed by atoms with Gasteiger partial charge in [-0.25, -0.2) is 0 Å². The molecule has 0 aliphatic heterocycles. The van der Waals surface area contributed by atoms with Crippen molar-refractivity contribution in [3.05, 3.63) is 0 Å². The predicted octanol–water partition coefficient (Wildman–Crippen LogP) is 1.87. The maximum atomic E-state index is 12.0. The molecule has 0 aromatic carbocycles. The molecule has 2 atom stereocenters. The summed E-state index contributed by atoms with van der Waals surface area (Å²) in [7, 11) is 2.63. The van der Waals surface area contributed by atoms with E-state index in [9.17, 15) is 9.46 Å². The van der Waals surface area contributed by atoms with Crippen LogP contribution in [0.15, 0.2) is 0 Å². The summed E-state index contributed by atoms with van der Waals surface area (Å²) < 4.78 is 12.5. The second-order valence-corrected chi connectivity index (χ2v) is 7.30. The monoisotopic (exact) mass is 221 g/mol. The minimum absolute atomic E-state index is 0.228. The molecule has 0 bridgehead atoms. The van der Waals surface area contributed by atoms with Crippen LogP contribution in [0.3, 0.4) is 0 Å². The molecule has 0 saturated heterocycles. The topological polar surface area (TPSA) is 40.1 Å². The van der Waals surface area contributed by atoms with Crippen molar-refractivity contribution in [3.63, 3.8) is 0 Å². The lowest BCUT2D eigenvalue weighted by Gasteiger charge is -2.41. The molecule has 3 nitrogen and oxygen atoms in total. The molecule has 2 unspecified atom stereocenters. The molecule has 14 heavy (non-hydrogen) atoms. The van der Waals surface area contributed by atoms with Crippen molar-refractivity contribution in [2.45, 2.75) is 38.9 Å². The number of rotatable bonds is 6. The lowest BCUT2D eigenvalue weighted by atomic mass is 10.4. The van der Waals surface area contributed by atoms with E-state index in [2.05, 4.69) is 0 Å². The zero-order valence-corrected chi connectivity index (χ0v) is 11.0. The maximum Gasteiger partial charge on any atom is 0.127 e. The average Bonchev–Trinajstić information content (AvgIpc) is 1.98. The van der Waals surface area contributed by atoms with Crippen LogP contribution in [0.4, 0.5) is 0 Å². The molecule has 0 aromatic heterocycles. The molecule has 0 N–H and O–H groups in total. The Kier molecular flexibility index (Phi) is 5.35. The van der Waals surface area contributed by atoms with Crippen molar-refractivity contribution in [1.29, 1.82) is 0 Å². The average molecular weight is 221 g/mol. The summed E-state index contributed by atoms with van der Waals surface area (Å²) in [5.74, 6) is -0.228. The van der Waals surface area contributed by atoms with E-state index in [1.165, 1.54) is 0 Å². The first kappa shape index (κ1) is 14.2. The summed E-state index contributed by atoms with van der Waals surface area (Å²) in [6.07, 6.45) is 2.79. The van der Waals surface area contributed by atoms with Gasteiger partial charge in [0.15, 0.2) is 0 Å². The lowest BCUT2D eigenvalue weighted by Crippen LogP contribution is -2.46. The van der Waals surface area contributed by atoms with Crippen molar-refractivity contribution >= 4 is 7.37 Å². The van der Waals surface area contributed by atoms with E-state index in [4.69, 9.17) is 0 Å². The zero-order chi connectivity index (χ0) is 11.4. The molecule has 4 heteroatoms. The predicted molar refractivity (Wildman–Crippen MR) is 59.5 cm³/mol. The van der Waals surface area contributed by atoms with Gasteiger partial charge < -0.3 is 13.9 Å². The largest absolute Gasteiger partial charge is 0.795 e. The van der Waals surface area contributed by atoms with Crippen molar-refractivity contribution < 1.29 is 13.9 Å². The molecule has 0 heterocycles. The fourth-order valence-electron chi connectivity index (χ4n) is 1.88. The molecule has 0 aliphatic carbocycles. The van der Waals surface area contributed by atoms with Gasteiger partial charge in [0.1, 0.15) is 5.78 Å². The first-order chi connectivity index (χ1) is 6.25. The van der Waals surface area contributed by atoms with Crippen LogP contribution in [0, 0.1) is 0 Å². The highest BCUT2D eigenvalue weighted by molar-refractivity contribution is 7.57. The summed E-state index contributed by atoms with van der Waals surface area (Å²) in [6, 6.07) is 0. The smallest absolute Gasteiger partial charge is 0.127 e. The Labute approximate surface area is 88.2 Å². The molecule has 0 fully saturated rings. The molecule has 0 spiro atoms. The number of nitrogens with zero attached hydrogens (tertiary/aromatic N) is 1. The van der Waals surface area contributed by atoms with Gasteiger partial charge in [-0.1, -0.05) is 20.3 Å². The first-order valence-corrected chi connectivity index (χ1v) is 7.24. The molecule has 0 amide bonds. The van der Waals surface area contributed by atoms with E-state index >= 15 is 0 Å². The fraction of sp³-hybridized carbons (Fsp3) is 1.00. The van der Waals surface area contributed by atoms with Crippen LogP contribution >= 0.6 is 7.37 Å². The van der Waals surface area contributed by atoms with Crippen molar-refractivity contribution in [2.75, 3.05) is 27.3 Å². The molecular weight excluding hydrogens is 197 g/mol. The Hall–Kier alpha value is 0.150. The van der Waals surface area contributed by atoms with Crippen LogP contribution in [0.1, 0.15) is 33.1 Å². The van der Waals surface area contributed by atoms with Gasteiger partial charge >= 0.3 is 0 Å². The number of hydrogen-bond acceptors (Lipinski definition) is 2. The first-order valence-electron chi connectivity index (χ1n) is 5.36. The van der Waals surface area contributed by atoms with Crippen molar-refractivity contribution in [3.8, 4) is 0 Å². The molecule has 86 valence electrons. The molecule has 0 rings (SSSR count). The lowest BCUT2D eigenvalue weighted by molar-refractivity contribution is -0.883. The fourth-order valence-corrected chi connectivity index (χ4v) is 4.55. The molecule has 0 aromatic rings. The third-order valence-electron chi connectivity index (χ3n) is 2.54. The Balaban J connectivity index is 4.58. The van der Waals surface area contributed by atoms with Gasteiger partial charge in [0.25, 0.3) is 0 Å². The van der Waals surface area contributed by atoms with Gasteiger partial charge in [-0.15, -0.1) is 0 Å². The normalized spacial score (nSPS) is 19.0. The number of unbranched alkanes of at least 4 members (excludes halogenated alkanes) is 1. The zero-order valence-electron chi connectivity index (χ0n) is 10.1. The van der Waals surface area contributed by atoms with E-state index in [-0.39, 0.29) is 5.78 Å². The Morgan fingerprint density at radius 1 is 1.29 bits per heavy atom. The van der Waals surface area contributed by atoms with Crippen LogP contribution in [0.25, 0.3) is 0 Å². The number of hydrogen-bond donors (Lipinski definition) is 0. The van der Waals surface area contributed by atoms with Crippen molar-refractivity contribution in [2.24, 2.45) is 0 Å². The van der Waals surface area contributed by atoms with Gasteiger partial charge in [0, 0.05) is 6.42 Å². The minimum Gasteiger partial charge on any atom is -0.795 e. The van der Waals surface area contributed by atoms with Crippen LogP contribution in [-0.4, -0.2) is 37.6 Å². The van der Waals surface area contributed by atoms with Crippen LogP contribution in [0.2, 0.25) is 0 Å². The second-order valence-electron chi connectivity index (χ2n) is 4.81. The third-order valence-corrected chi connectivity index (χ3v) is 5.44. The Bertz CT molecular complexity index is 211. The summed E-state index contributed by atoms with van der Waals surface area (Å²) >= 11 is 0. The summed E-state index contributed by atoms with van der Waals surface area (Å²) in [5, 5.41) is 0. The van der Waals surface area contributed by atoms with Crippen molar-refractivity contribution in [1.82, 2.24) is 0 Å². The van der Waals surface area contributed by atoms with E-state index in [1.54, 1.807) is 0 Å². The Morgan fingerprint density at radius 2 is 1.79 bits per heavy atom.